The first-order chi connectivity index (χ1) is 6.27. The molecule has 2 rings (SSSR count). The van der Waals surface area contributed by atoms with Crippen LogP contribution in [0.1, 0.15) is 16.2 Å². The van der Waals surface area contributed by atoms with Crippen molar-refractivity contribution < 1.29 is 4.79 Å². The molecule has 13 heavy (non-hydrogen) atoms. The van der Waals surface area contributed by atoms with Gasteiger partial charge in [-0.15, -0.1) is 0 Å². The number of hydrogen-bond donors (Lipinski definition) is 2. The molecule has 0 spiro atoms. The van der Waals surface area contributed by atoms with Gasteiger partial charge in [0.05, 0.1) is 0 Å². The quantitative estimate of drug-likeness (QED) is 0.584. The third-order valence-electron chi connectivity index (χ3n) is 1.86. The summed E-state index contributed by atoms with van der Waals surface area (Å²) >= 11 is 0. The van der Waals surface area contributed by atoms with Gasteiger partial charge in [-0.1, -0.05) is 0 Å². The van der Waals surface area contributed by atoms with Crippen LogP contribution in [0.25, 0.3) is 0 Å². The van der Waals surface area contributed by atoms with E-state index < -0.39 is 0 Å². The number of carbonyl (C=O) groups excluding carboxylic acids is 1. The molecule has 5 heteroatoms. The number of aryl methyl sites for hydroxylation is 1. The number of rotatable bonds is 0. The molecule has 0 saturated heterocycles. The highest BCUT2D eigenvalue weighted by atomic mass is 16.1. The van der Waals surface area contributed by atoms with Crippen molar-refractivity contribution >= 4 is 11.7 Å². The van der Waals surface area contributed by atoms with E-state index in [4.69, 9.17) is 0 Å². The van der Waals surface area contributed by atoms with Crippen molar-refractivity contribution in [2.24, 2.45) is 0 Å². The Hall–Kier alpha value is -1.65. The summed E-state index contributed by atoms with van der Waals surface area (Å²) in [6.07, 6.45) is 1.55. The first-order valence-corrected chi connectivity index (χ1v) is 4.13. The molecular formula is C8H10N4O. The van der Waals surface area contributed by atoms with Crippen LogP contribution in [0.15, 0.2) is 6.20 Å². The van der Waals surface area contributed by atoms with Crippen molar-refractivity contribution in [1.29, 1.82) is 0 Å². The Balaban J connectivity index is 2.48. The summed E-state index contributed by atoms with van der Waals surface area (Å²) < 4.78 is 0. The van der Waals surface area contributed by atoms with Gasteiger partial charge in [0, 0.05) is 19.3 Å². The fraction of sp³-hybridized carbons (Fsp3) is 0.375. The maximum absolute atomic E-state index is 11.4. The van der Waals surface area contributed by atoms with Crippen molar-refractivity contribution in [3.8, 4) is 0 Å². The number of amides is 1. The molecule has 2 N–H and O–H groups in total. The SMILES string of the molecule is Cc1ncc2c(n1)NCCNC2=O. The van der Waals surface area contributed by atoms with Gasteiger partial charge in [0.1, 0.15) is 17.2 Å². The third-order valence-corrected chi connectivity index (χ3v) is 1.86. The topological polar surface area (TPSA) is 66.9 Å². The van der Waals surface area contributed by atoms with Crippen molar-refractivity contribution in [3.63, 3.8) is 0 Å². The molecule has 1 aromatic rings. The molecule has 0 aromatic carbocycles. The summed E-state index contributed by atoms with van der Waals surface area (Å²) in [6, 6.07) is 0. The van der Waals surface area contributed by atoms with Gasteiger partial charge in [-0.2, -0.15) is 0 Å². The first kappa shape index (κ1) is 7.97. The van der Waals surface area contributed by atoms with Crippen LogP contribution < -0.4 is 10.6 Å². The molecule has 0 atom stereocenters. The van der Waals surface area contributed by atoms with E-state index in [9.17, 15) is 4.79 Å². The zero-order valence-electron chi connectivity index (χ0n) is 7.29. The summed E-state index contributed by atoms with van der Waals surface area (Å²) in [5, 5.41) is 5.80. The Morgan fingerprint density at radius 1 is 1.38 bits per heavy atom. The van der Waals surface area contributed by atoms with Crippen molar-refractivity contribution in [2.75, 3.05) is 18.4 Å². The van der Waals surface area contributed by atoms with Crippen LogP contribution in [0.3, 0.4) is 0 Å². The number of hydrogen-bond acceptors (Lipinski definition) is 4. The van der Waals surface area contributed by atoms with Gasteiger partial charge in [0.2, 0.25) is 0 Å². The highest BCUT2D eigenvalue weighted by Crippen LogP contribution is 2.12. The lowest BCUT2D eigenvalue weighted by molar-refractivity contribution is 0.0957. The molecule has 2 heterocycles. The number of fused-ring (bicyclic) bond motifs is 1. The van der Waals surface area contributed by atoms with Gasteiger partial charge in [-0.3, -0.25) is 4.79 Å². The minimum atomic E-state index is -0.111. The molecule has 0 bridgehead atoms. The van der Waals surface area contributed by atoms with Crippen LogP contribution in [-0.4, -0.2) is 29.0 Å². The van der Waals surface area contributed by atoms with E-state index in [1.54, 1.807) is 13.1 Å². The summed E-state index contributed by atoms with van der Waals surface area (Å²) in [5.74, 6) is 1.18. The lowest BCUT2D eigenvalue weighted by Gasteiger charge is -2.03. The Kier molecular flexibility index (Phi) is 1.84. The fourth-order valence-corrected chi connectivity index (χ4v) is 1.22. The van der Waals surface area contributed by atoms with E-state index in [0.717, 1.165) is 0 Å². The van der Waals surface area contributed by atoms with Crippen LogP contribution in [0.2, 0.25) is 0 Å². The lowest BCUT2D eigenvalue weighted by atomic mass is 10.3. The van der Waals surface area contributed by atoms with Gasteiger partial charge >= 0.3 is 0 Å². The van der Waals surface area contributed by atoms with Crippen LogP contribution in [0, 0.1) is 6.92 Å². The first-order valence-electron chi connectivity index (χ1n) is 4.13. The maximum Gasteiger partial charge on any atom is 0.256 e. The standard InChI is InChI=1S/C8H10N4O/c1-5-11-4-6-7(12-5)9-2-3-10-8(6)13/h4H,2-3H2,1H3,(H,10,13)(H,9,11,12). The molecule has 5 nitrogen and oxygen atoms in total. The van der Waals surface area contributed by atoms with Gasteiger partial charge in [-0.05, 0) is 6.92 Å². The molecule has 1 aliphatic heterocycles. The number of anilines is 1. The van der Waals surface area contributed by atoms with E-state index in [0.29, 0.717) is 30.3 Å². The zero-order valence-corrected chi connectivity index (χ0v) is 7.29. The lowest BCUT2D eigenvalue weighted by Crippen LogP contribution is -2.24. The predicted molar refractivity (Wildman–Crippen MR) is 47.6 cm³/mol. The smallest absolute Gasteiger partial charge is 0.256 e. The number of nitrogens with zero attached hydrogens (tertiary/aromatic N) is 2. The van der Waals surface area contributed by atoms with Crippen LogP contribution in [0.5, 0.6) is 0 Å². The van der Waals surface area contributed by atoms with E-state index in [1.807, 2.05) is 0 Å². The largest absolute Gasteiger partial charge is 0.368 e. The van der Waals surface area contributed by atoms with Crippen LogP contribution in [0.4, 0.5) is 5.82 Å². The summed E-state index contributed by atoms with van der Waals surface area (Å²) in [7, 11) is 0. The van der Waals surface area contributed by atoms with Crippen molar-refractivity contribution in [1.82, 2.24) is 15.3 Å². The van der Waals surface area contributed by atoms with Crippen LogP contribution in [-0.2, 0) is 0 Å². The van der Waals surface area contributed by atoms with Gasteiger partial charge < -0.3 is 10.6 Å². The van der Waals surface area contributed by atoms with Crippen molar-refractivity contribution in [2.45, 2.75) is 6.92 Å². The summed E-state index contributed by atoms with van der Waals surface area (Å²) in [4.78, 5) is 19.5. The van der Waals surface area contributed by atoms with E-state index in [2.05, 4.69) is 20.6 Å². The van der Waals surface area contributed by atoms with Gasteiger partial charge in [0.25, 0.3) is 5.91 Å². The minimum Gasteiger partial charge on any atom is -0.368 e. The Labute approximate surface area is 75.6 Å². The average Bonchev–Trinajstić information content (AvgIpc) is 2.28. The predicted octanol–water partition coefficient (Wildman–Crippen LogP) is -0.0597. The number of carbonyl (C=O) groups is 1. The Morgan fingerprint density at radius 3 is 3.00 bits per heavy atom. The maximum atomic E-state index is 11.4. The normalized spacial score (nSPS) is 15.3. The monoisotopic (exact) mass is 178 g/mol. The zero-order chi connectivity index (χ0) is 9.26. The third kappa shape index (κ3) is 1.44. The molecule has 68 valence electrons. The second-order valence-corrected chi connectivity index (χ2v) is 2.86. The fourth-order valence-electron chi connectivity index (χ4n) is 1.22. The van der Waals surface area contributed by atoms with Crippen molar-refractivity contribution in [3.05, 3.63) is 17.6 Å². The number of aromatic nitrogens is 2. The highest BCUT2D eigenvalue weighted by Gasteiger charge is 2.15. The molecule has 1 aromatic heterocycles. The second-order valence-electron chi connectivity index (χ2n) is 2.86. The van der Waals surface area contributed by atoms with Crippen LogP contribution >= 0.6 is 0 Å². The molecule has 0 radical (unpaired) electrons. The van der Waals surface area contributed by atoms with Gasteiger partial charge in [-0.25, -0.2) is 9.97 Å². The minimum absolute atomic E-state index is 0.111. The second kappa shape index (κ2) is 3.01. The van der Waals surface area contributed by atoms with E-state index in [1.165, 1.54) is 0 Å². The average molecular weight is 178 g/mol. The van der Waals surface area contributed by atoms with Gasteiger partial charge in [0.15, 0.2) is 0 Å². The molecule has 1 aliphatic rings. The van der Waals surface area contributed by atoms with E-state index in [-0.39, 0.29) is 5.91 Å². The molecular weight excluding hydrogens is 168 g/mol. The number of nitrogens with one attached hydrogen (secondary N) is 2. The summed E-state index contributed by atoms with van der Waals surface area (Å²) in [5.41, 5.74) is 0.517. The Bertz CT molecular complexity index is 350. The van der Waals surface area contributed by atoms with E-state index >= 15 is 0 Å². The Morgan fingerprint density at radius 2 is 2.15 bits per heavy atom. The summed E-state index contributed by atoms with van der Waals surface area (Å²) in [6.45, 7) is 3.12. The molecule has 0 fully saturated rings. The molecule has 0 unspecified atom stereocenters. The molecule has 1 amide bonds. The molecule has 0 aliphatic carbocycles. The highest BCUT2D eigenvalue weighted by molar-refractivity contribution is 5.98. The molecule has 0 saturated carbocycles.